The number of aryl methyl sites for hydroxylation is 1. The fourth-order valence-electron chi connectivity index (χ4n) is 3.18. The van der Waals surface area contributed by atoms with Gasteiger partial charge in [0.15, 0.2) is 5.78 Å². The molecule has 1 heterocycles. The molecule has 2 aromatic rings. The third-order valence-corrected chi connectivity index (χ3v) is 4.64. The lowest BCUT2D eigenvalue weighted by atomic mass is 9.92. The molecule has 1 fully saturated rings. The fourth-order valence-corrected chi connectivity index (χ4v) is 3.18. The number of benzene rings is 2. The van der Waals surface area contributed by atoms with E-state index in [1.165, 1.54) is 4.90 Å². The predicted molar refractivity (Wildman–Crippen MR) is 94.7 cm³/mol. The quantitative estimate of drug-likeness (QED) is 0.821. The first-order valence-corrected chi connectivity index (χ1v) is 8.31. The Bertz CT molecular complexity index is 774. The number of nitrogens with zero attached hydrogens (tertiary/aromatic N) is 1. The Kier molecular flexibility index (Phi) is 4.86. The van der Waals surface area contributed by atoms with Gasteiger partial charge in [-0.1, -0.05) is 36.4 Å². The van der Waals surface area contributed by atoms with Gasteiger partial charge in [0.1, 0.15) is 5.75 Å². The highest BCUT2D eigenvalue weighted by Gasteiger charge is 2.50. The standard InChI is InChI=1S/C20H21NO4/c1-25-17-10-6-5-7-15(17)11-12-18(22)20(24)13-14-21(19(20)23)16-8-3-2-4-9-16/h2-10,24H,11-14H2,1H3/t20-/m0/s1. The van der Waals surface area contributed by atoms with Crippen LogP contribution in [0.15, 0.2) is 54.6 Å². The number of para-hydroxylation sites is 2. The molecule has 1 saturated heterocycles. The molecule has 1 N–H and O–H groups in total. The third kappa shape index (κ3) is 3.28. The van der Waals surface area contributed by atoms with Gasteiger partial charge in [0.25, 0.3) is 5.91 Å². The van der Waals surface area contributed by atoms with E-state index in [-0.39, 0.29) is 12.8 Å². The first-order valence-electron chi connectivity index (χ1n) is 8.31. The number of Topliss-reactive ketones (excluding diaryl/α,β-unsaturated/α-hetero) is 1. The number of ketones is 1. The first-order chi connectivity index (χ1) is 12.1. The summed E-state index contributed by atoms with van der Waals surface area (Å²) in [6, 6.07) is 16.5. The van der Waals surface area contributed by atoms with Crippen molar-refractivity contribution in [3.05, 3.63) is 60.2 Å². The number of methoxy groups -OCH3 is 1. The molecule has 1 atom stereocenters. The highest BCUT2D eigenvalue weighted by Crippen LogP contribution is 2.30. The van der Waals surface area contributed by atoms with Crippen LogP contribution in [-0.4, -0.2) is 36.1 Å². The zero-order valence-electron chi connectivity index (χ0n) is 14.1. The van der Waals surface area contributed by atoms with Crippen molar-refractivity contribution in [3.8, 4) is 5.75 Å². The Hall–Kier alpha value is -2.66. The Morgan fingerprint density at radius 1 is 1.16 bits per heavy atom. The molecule has 2 aromatic carbocycles. The van der Waals surface area contributed by atoms with Crippen LogP contribution in [0, 0.1) is 0 Å². The van der Waals surface area contributed by atoms with Gasteiger partial charge in [-0.15, -0.1) is 0 Å². The Morgan fingerprint density at radius 2 is 1.84 bits per heavy atom. The molecule has 130 valence electrons. The van der Waals surface area contributed by atoms with Gasteiger partial charge in [-0.25, -0.2) is 0 Å². The van der Waals surface area contributed by atoms with Crippen LogP contribution in [0.1, 0.15) is 18.4 Å². The molecule has 1 aliphatic rings. The lowest BCUT2D eigenvalue weighted by molar-refractivity contribution is -0.147. The molecular weight excluding hydrogens is 318 g/mol. The summed E-state index contributed by atoms with van der Waals surface area (Å²) in [5, 5.41) is 10.7. The van der Waals surface area contributed by atoms with E-state index < -0.39 is 17.3 Å². The molecule has 25 heavy (non-hydrogen) atoms. The highest BCUT2D eigenvalue weighted by atomic mass is 16.5. The average molecular weight is 339 g/mol. The van der Waals surface area contributed by atoms with Crippen molar-refractivity contribution in [1.82, 2.24) is 0 Å². The maximum absolute atomic E-state index is 12.6. The number of hydrogen-bond donors (Lipinski definition) is 1. The molecule has 0 spiro atoms. The van der Waals surface area contributed by atoms with E-state index in [0.29, 0.717) is 24.4 Å². The van der Waals surface area contributed by atoms with Gasteiger partial charge < -0.3 is 14.7 Å². The van der Waals surface area contributed by atoms with Crippen LogP contribution in [0.3, 0.4) is 0 Å². The normalized spacial score (nSPS) is 19.9. The molecule has 5 nitrogen and oxygen atoms in total. The van der Waals surface area contributed by atoms with Gasteiger partial charge in [0, 0.05) is 25.1 Å². The summed E-state index contributed by atoms with van der Waals surface area (Å²) in [6.45, 7) is 0.333. The summed E-state index contributed by atoms with van der Waals surface area (Å²) in [5.41, 5.74) is -0.356. The van der Waals surface area contributed by atoms with Crippen LogP contribution in [0.5, 0.6) is 5.75 Å². The summed E-state index contributed by atoms with van der Waals surface area (Å²) in [6.07, 6.45) is 0.625. The molecule has 3 rings (SSSR count). The predicted octanol–water partition coefficient (Wildman–Crippen LogP) is 2.36. The van der Waals surface area contributed by atoms with E-state index in [1.807, 2.05) is 42.5 Å². The lowest BCUT2D eigenvalue weighted by Crippen LogP contribution is -2.47. The number of carbonyl (C=O) groups is 2. The van der Waals surface area contributed by atoms with Crippen LogP contribution in [0.2, 0.25) is 0 Å². The monoisotopic (exact) mass is 339 g/mol. The van der Waals surface area contributed by atoms with Crippen molar-refractivity contribution in [2.75, 3.05) is 18.6 Å². The number of hydrogen-bond acceptors (Lipinski definition) is 4. The summed E-state index contributed by atoms with van der Waals surface area (Å²) >= 11 is 0. The van der Waals surface area contributed by atoms with Crippen LogP contribution in [0.25, 0.3) is 0 Å². The SMILES string of the molecule is COc1ccccc1CCC(=O)[C@@]1(O)CCN(c2ccccc2)C1=O. The molecule has 0 aromatic heterocycles. The molecule has 5 heteroatoms. The molecule has 0 aliphatic carbocycles. The molecule has 0 bridgehead atoms. The van der Waals surface area contributed by atoms with E-state index >= 15 is 0 Å². The average Bonchev–Trinajstić information content (AvgIpc) is 2.97. The Balaban J connectivity index is 1.70. The van der Waals surface area contributed by atoms with E-state index in [4.69, 9.17) is 4.74 Å². The van der Waals surface area contributed by atoms with Crippen LogP contribution < -0.4 is 9.64 Å². The van der Waals surface area contributed by atoms with Gasteiger partial charge in [0.05, 0.1) is 7.11 Å². The lowest BCUT2D eigenvalue weighted by Gasteiger charge is -2.21. The number of rotatable bonds is 6. The van der Waals surface area contributed by atoms with Crippen molar-refractivity contribution in [3.63, 3.8) is 0 Å². The fraction of sp³-hybridized carbons (Fsp3) is 0.300. The van der Waals surface area contributed by atoms with Gasteiger partial charge in [-0.3, -0.25) is 9.59 Å². The molecule has 1 amide bonds. The maximum Gasteiger partial charge on any atom is 0.266 e. The second-order valence-corrected chi connectivity index (χ2v) is 6.14. The van der Waals surface area contributed by atoms with E-state index in [1.54, 1.807) is 19.2 Å². The second-order valence-electron chi connectivity index (χ2n) is 6.14. The largest absolute Gasteiger partial charge is 0.496 e. The molecular formula is C20H21NO4. The number of carbonyl (C=O) groups excluding carboxylic acids is 2. The highest BCUT2D eigenvalue weighted by molar-refractivity contribution is 6.17. The summed E-state index contributed by atoms with van der Waals surface area (Å²) in [4.78, 5) is 26.7. The van der Waals surface area contributed by atoms with Gasteiger partial charge >= 0.3 is 0 Å². The van der Waals surface area contributed by atoms with Crippen LogP contribution >= 0.6 is 0 Å². The zero-order valence-corrected chi connectivity index (χ0v) is 14.1. The molecule has 1 aliphatic heterocycles. The number of anilines is 1. The minimum atomic E-state index is -1.93. The summed E-state index contributed by atoms with van der Waals surface area (Å²) < 4.78 is 5.28. The number of ether oxygens (including phenoxy) is 1. The van der Waals surface area contributed by atoms with Crippen molar-refractivity contribution in [2.24, 2.45) is 0 Å². The Labute approximate surface area is 146 Å². The van der Waals surface area contributed by atoms with Gasteiger partial charge in [-0.2, -0.15) is 0 Å². The van der Waals surface area contributed by atoms with Gasteiger partial charge in [0.2, 0.25) is 5.60 Å². The zero-order chi connectivity index (χ0) is 17.9. The van der Waals surface area contributed by atoms with E-state index in [2.05, 4.69) is 0 Å². The van der Waals surface area contributed by atoms with Crippen molar-refractivity contribution in [1.29, 1.82) is 0 Å². The second kappa shape index (κ2) is 7.07. The number of amides is 1. The molecule has 0 radical (unpaired) electrons. The summed E-state index contributed by atoms with van der Waals surface area (Å²) in [5.74, 6) is -0.281. The molecule has 0 unspecified atom stereocenters. The van der Waals surface area contributed by atoms with Crippen molar-refractivity contribution in [2.45, 2.75) is 24.9 Å². The summed E-state index contributed by atoms with van der Waals surface area (Å²) in [7, 11) is 1.58. The topological polar surface area (TPSA) is 66.8 Å². The van der Waals surface area contributed by atoms with Crippen molar-refractivity contribution >= 4 is 17.4 Å². The van der Waals surface area contributed by atoms with Crippen LogP contribution in [-0.2, 0) is 16.0 Å². The van der Waals surface area contributed by atoms with Crippen LogP contribution in [0.4, 0.5) is 5.69 Å². The minimum Gasteiger partial charge on any atom is -0.496 e. The number of aliphatic hydroxyl groups is 1. The minimum absolute atomic E-state index is 0.0885. The van der Waals surface area contributed by atoms with Crippen molar-refractivity contribution < 1.29 is 19.4 Å². The third-order valence-electron chi connectivity index (χ3n) is 4.64. The Morgan fingerprint density at radius 3 is 2.56 bits per heavy atom. The first kappa shape index (κ1) is 17.2. The maximum atomic E-state index is 12.6. The van der Waals surface area contributed by atoms with Gasteiger partial charge in [-0.05, 0) is 30.2 Å². The smallest absolute Gasteiger partial charge is 0.266 e. The van der Waals surface area contributed by atoms with E-state index in [0.717, 1.165) is 5.56 Å². The van der Waals surface area contributed by atoms with E-state index in [9.17, 15) is 14.7 Å². The molecule has 0 saturated carbocycles.